The molecular formula is C27H32N2O5S2. The fourth-order valence-electron chi connectivity index (χ4n) is 4.06. The normalized spacial score (nSPS) is 18.2. The van der Waals surface area contributed by atoms with Crippen molar-refractivity contribution in [1.82, 2.24) is 0 Å². The van der Waals surface area contributed by atoms with E-state index in [-0.39, 0.29) is 17.5 Å². The van der Waals surface area contributed by atoms with Crippen molar-refractivity contribution in [2.75, 3.05) is 24.7 Å². The van der Waals surface area contributed by atoms with E-state index < -0.39 is 11.2 Å². The lowest BCUT2D eigenvalue weighted by atomic mass is 9.94. The number of carbonyl (C=O) groups is 1. The van der Waals surface area contributed by atoms with Gasteiger partial charge in [-0.1, -0.05) is 18.2 Å². The number of carbonyl (C=O) groups excluding carboxylic acids is 1. The third kappa shape index (κ3) is 5.90. The number of hydrogen-bond acceptors (Lipinski definition) is 9. The van der Waals surface area contributed by atoms with Crippen molar-refractivity contribution in [1.29, 1.82) is 0 Å². The Balaban J connectivity index is 1.42. The highest BCUT2D eigenvalue weighted by Crippen LogP contribution is 2.39. The van der Waals surface area contributed by atoms with Crippen molar-refractivity contribution < 1.29 is 24.5 Å². The predicted molar refractivity (Wildman–Crippen MR) is 147 cm³/mol. The van der Waals surface area contributed by atoms with Crippen molar-refractivity contribution in [2.24, 2.45) is 9.98 Å². The van der Waals surface area contributed by atoms with Gasteiger partial charge in [-0.15, -0.1) is 23.5 Å². The lowest BCUT2D eigenvalue weighted by molar-refractivity contribution is -0.108. The van der Waals surface area contributed by atoms with Crippen LogP contribution in [0.2, 0.25) is 0 Å². The SMILES string of the molecule is CC(C)(CCOC(C)(C)c1cccc(C2=NC(C=O)CS2)c1O)Oc1cccc(C2=NCCS2)c1O. The summed E-state index contributed by atoms with van der Waals surface area (Å²) in [7, 11) is 0. The van der Waals surface area contributed by atoms with Gasteiger partial charge in [0.05, 0.1) is 17.8 Å². The highest BCUT2D eigenvalue weighted by atomic mass is 32.2. The maximum Gasteiger partial charge on any atom is 0.167 e. The quantitative estimate of drug-likeness (QED) is 0.411. The number of aromatic hydroxyl groups is 2. The Morgan fingerprint density at radius 1 is 1.03 bits per heavy atom. The van der Waals surface area contributed by atoms with E-state index in [4.69, 9.17) is 9.47 Å². The summed E-state index contributed by atoms with van der Waals surface area (Å²) in [5, 5.41) is 23.3. The average Bonchev–Trinajstić information content (AvgIpc) is 3.52. The molecule has 0 aromatic heterocycles. The first kappa shape index (κ1) is 26.6. The molecule has 192 valence electrons. The number of nitrogens with zero attached hydrogens (tertiary/aromatic N) is 2. The summed E-state index contributed by atoms with van der Waals surface area (Å²) in [4.78, 5) is 19.9. The molecule has 2 aliphatic rings. The van der Waals surface area contributed by atoms with Crippen LogP contribution < -0.4 is 4.74 Å². The number of thioether (sulfide) groups is 2. The summed E-state index contributed by atoms with van der Waals surface area (Å²) in [5.74, 6) is 2.14. The maximum atomic E-state index is 11.1. The summed E-state index contributed by atoms with van der Waals surface area (Å²) >= 11 is 3.10. The minimum absolute atomic E-state index is 0.103. The molecule has 0 aliphatic carbocycles. The molecule has 0 bridgehead atoms. The number of ether oxygens (including phenoxy) is 2. The van der Waals surface area contributed by atoms with E-state index in [1.54, 1.807) is 23.9 Å². The van der Waals surface area contributed by atoms with E-state index >= 15 is 0 Å². The smallest absolute Gasteiger partial charge is 0.167 e. The molecule has 1 unspecified atom stereocenters. The number of phenolic OH excluding ortho intramolecular Hbond substituents is 2. The van der Waals surface area contributed by atoms with Crippen LogP contribution in [0.3, 0.4) is 0 Å². The van der Waals surface area contributed by atoms with Crippen molar-refractivity contribution in [3.05, 3.63) is 53.1 Å². The zero-order valence-electron chi connectivity index (χ0n) is 21.0. The first-order valence-corrected chi connectivity index (χ1v) is 13.9. The van der Waals surface area contributed by atoms with Crippen molar-refractivity contribution >= 4 is 39.9 Å². The molecule has 4 rings (SSSR count). The van der Waals surface area contributed by atoms with E-state index in [2.05, 4.69) is 9.98 Å². The highest BCUT2D eigenvalue weighted by Gasteiger charge is 2.30. The van der Waals surface area contributed by atoms with Gasteiger partial charge in [-0.25, -0.2) is 0 Å². The van der Waals surface area contributed by atoms with Crippen LogP contribution in [-0.4, -0.2) is 62.9 Å². The summed E-state index contributed by atoms with van der Waals surface area (Å²) < 4.78 is 12.4. The van der Waals surface area contributed by atoms with E-state index in [1.807, 2.05) is 52.0 Å². The van der Waals surface area contributed by atoms with Crippen LogP contribution in [0.25, 0.3) is 0 Å². The van der Waals surface area contributed by atoms with E-state index in [0.717, 1.165) is 23.6 Å². The van der Waals surface area contributed by atoms with Crippen LogP contribution in [-0.2, 0) is 15.1 Å². The summed E-state index contributed by atoms with van der Waals surface area (Å²) in [6.07, 6.45) is 1.38. The van der Waals surface area contributed by atoms with Gasteiger partial charge < -0.3 is 24.5 Å². The Morgan fingerprint density at radius 3 is 2.42 bits per heavy atom. The van der Waals surface area contributed by atoms with E-state index in [1.165, 1.54) is 11.8 Å². The predicted octanol–water partition coefficient (Wildman–Crippen LogP) is 5.15. The molecular weight excluding hydrogens is 496 g/mol. The fourth-order valence-corrected chi connectivity index (χ4v) is 5.95. The van der Waals surface area contributed by atoms with Crippen LogP contribution in [0.5, 0.6) is 17.2 Å². The molecule has 2 aromatic rings. The second kappa shape index (κ2) is 10.9. The van der Waals surface area contributed by atoms with E-state index in [0.29, 0.717) is 46.3 Å². The molecule has 0 fully saturated rings. The standard InChI is InChI=1S/C27H32N2O5S2/c1-26(2,34-21-10-6-8-19(23(21)32)24-28-12-14-35-24)11-13-33-27(3,4)20-9-5-7-18(22(20)31)25-29-17(15-30)16-36-25/h5-10,15,17,31-32H,11-14,16H2,1-4H3. The summed E-state index contributed by atoms with van der Waals surface area (Å²) in [6, 6.07) is 10.6. The molecule has 0 radical (unpaired) electrons. The first-order chi connectivity index (χ1) is 17.1. The Bertz CT molecular complexity index is 1190. The molecule has 0 saturated heterocycles. The minimum Gasteiger partial charge on any atom is -0.507 e. The van der Waals surface area contributed by atoms with Crippen molar-refractivity contribution in [2.45, 2.75) is 51.4 Å². The fraction of sp³-hybridized carbons (Fsp3) is 0.444. The number of hydrogen-bond donors (Lipinski definition) is 2. The molecule has 2 aliphatic heterocycles. The number of phenols is 2. The largest absolute Gasteiger partial charge is 0.507 e. The summed E-state index contributed by atoms with van der Waals surface area (Å²) in [5.41, 5.74) is 0.575. The Morgan fingerprint density at radius 2 is 1.75 bits per heavy atom. The highest BCUT2D eigenvalue weighted by molar-refractivity contribution is 8.15. The third-order valence-electron chi connectivity index (χ3n) is 6.11. The van der Waals surface area contributed by atoms with Crippen molar-refractivity contribution in [3.8, 4) is 17.2 Å². The van der Waals surface area contributed by atoms with Crippen LogP contribution in [0, 0.1) is 0 Å². The second-order valence-electron chi connectivity index (χ2n) is 9.81. The maximum absolute atomic E-state index is 11.1. The van der Waals surface area contributed by atoms with E-state index in [9.17, 15) is 15.0 Å². The zero-order chi connectivity index (χ0) is 25.9. The molecule has 7 nitrogen and oxygen atoms in total. The van der Waals surface area contributed by atoms with Crippen LogP contribution >= 0.6 is 23.5 Å². The minimum atomic E-state index is -0.774. The summed E-state index contributed by atoms with van der Waals surface area (Å²) in [6.45, 7) is 8.85. The average molecular weight is 529 g/mol. The number of benzene rings is 2. The molecule has 2 N–H and O–H groups in total. The first-order valence-electron chi connectivity index (χ1n) is 11.9. The van der Waals surface area contributed by atoms with Gasteiger partial charge in [-0.05, 0) is 45.9 Å². The van der Waals surface area contributed by atoms with Crippen molar-refractivity contribution in [3.63, 3.8) is 0 Å². The Kier molecular flexibility index (Phi) is 8.02. The lowest BCUT2D eigenvalue weighted by Crippen LogP contribution is -2.32. The number of rotatable bonds is 10. The van der Waals surface area contributed by atoms with Gasteiger partial charge in [0.25, 0.3) is 0 Å². The molecule has 0 saturated carbocycles. The van der Waals surface area contributed by atoms with Gasteiger partial charge in [0.15, 0.2) is 11.5 Å². The molecule has 2 aromatic carbocycles. The second-order valence-corrected chi connectivity index (χ2v) is 11.9. The monoisotopic (exact) mass is 528 g/mol. The third-order valence-corrected chi connectivity index (χ3v) is 8.23. The van der Waals surface area contributed by atoms with Crippen LogP contribution in [0.15, 0.2) is 46.4 Å². The molecule has 0 amide bonds. The molecule has 0 spiro atoms. The van der Waals surface area contributed by atoms with Crippen LogP contribution in [0.4, 0.5) is 0 Å². The van der Waals surface area contributed by atoms with Gasteiger partial charge in [-0.2, -0.15) is 0 Å². The molecule has 36 heavy (non-hydrogen) atoms. The topological polar surface area (TPSA) is 101 Å². The Hall–Kier alpha value is -2.49. The zero-order valence-corrected chi connectivity index (χ0v) is 22.6. The lowest BCUT2D eigenvalue weighted by Gasteiger charge is -2.31. The van der Waals surface area contributed by atoms with Gasteiger partial charge in [0.1, 0.15) is 33.8 Å². The molecule has 1 atom stereocenters. The van der Waals surface area contributed by atoms with Gasteiger partial charge in [0.2, 0.25) is 0 Å². The van der Waals surface area contributed by atoms with Crippen LogP contribution in [0.1, 0.15) is 50.8 Å². The Labute approximate surface area is 220 Å². The van der Waals surface area contributed by atoms with Gasteiger partial charge in [0, 0.05) is 35.6 Å². The number of para-hydroxylation sites is 2. The number of aliphatic imine (C=N–C) groups is 2. The number of aldehydes is 1. The van der Waals surface area contributed by atoms with Gasteiger partial charge in [-0.3, -0.25) is 9.98 Å². The molecule has 2 heterocycles. The van der Waals surface area contributed by atoms with Gasteiger partial charge >= 0.3 is 0 Å². The molecule has 9 heteroatoms.